The number of halogens is 8. The summed E-state index contributed by atoms with van der Waals surface area (Å²) in [5.41, 5.74) is -4.75. The second-order valence-corrected chi connectivity index (χ2v) is 5.10. The summed E-state index contributed by atoms with van der Waals surface area (Å²) in [6.07, 6.45) is 0. The third kappa shape index (κ3) is 3.50. The molecule has 0 heterocycles. The van der Waals surface area contributed by atoms with E-state index in [4.69, 9.17) is 0 Å². The average molecular weight is 271 g/mol. The van der Waals surface area contributed by atoms with Crippen LogP contribution in [0.15, 0.2) is 0 Å². The van der Waals surface area contributed by atoms with E-state index in [1.165, 1.54) is 15.9 Å². The van der Waals surface area contributed by atoms with Gasteiger partial charge in [-0.15, -0.1) is 0 Å². The second-order valence-electron chi connectivity index (χ2n) is 1.71. The molecule has 2 atom stereocenters. The van der Waals surface area contributed by atoms with Gasteiger partial charge in [0.05, 0.1) is 0 Å². The second kappa shape index (κ2) is 1.98. The maximum Gasteiger partial charge on any atom is 0.317 e. The van der Waals surface area contributed by atoms with Crippen LogP contribution in [-0.2, 0) is 0 Å². The molecular weight excluding hydrogens is 269 g/mol. The first kappa shape index (κ1) is 11.3. The highest BCUT2D eigenvalue weighted by atomic mass is 79.9. The Bertz CT molecular complexity index is 154. The third-order valence-corrected chi connectivity index (χ3v) is 2.53. The topological polar surface area (TPSA) is 0 Å². The van der Waals surface area contributed by atoms with Gasteiger partial charge in [0.15, 0.2) is 0 Å². The highest BCUT2D eigenvalue weighted by molar-refractivity contribution is 9.09. The Morgan fingerprint density at radius 1 is 0.909 bits per heavy atom. The first-order valence-corrected chi connectivity index (χ1v) is 4.93. The number of hydrogen-bond donors (Lipinski definition) is 0. The fourth-order valence-corrected chi connectivity index (χ4v) is 1.81. The molecule has 0 fully saturated rings. The highest BCUT2D eigenvalue weighted by Crippen LogP contribution is 3.01. The van der Waals surface area contributed by atoms with Gasteiger partial charge in [-0.2, -0.15) is 0 Å². The minimum Gasteiger partial charge on any atom is -0.230 e. The van der Waals surface area contributed by atoms with Gasteiger partial charge >= 0.3 is 10.2 Å². The van der Waals surface area contributed by atoms with Crippen LogP contribution in [0.5, 0.6) is 0 Å². The molecule has 11 heavy (non-hydrogen) atoms. The van der Waals surface area contributed by atoms with Gasteiger partial charge in [-0.3, -0.25) is 0 Å². The molecule has 0 radical (unpaired) electrons. The molecule has 0 rings (SSSR count). The van der Waals surface area contributed by atoms with Crippen LogP contribution >= 0.6 is 26.2 Å². The maximum atomic E-state index is 11.6. The van der Waals surface area contributed by atoms with Gasteiger partial charge in [-0.1, -0.05) is 19.4 Å². The minimum absolute atomic E-state index is 1.43. The van der Waals surface area contributed by atoms with Crippen molar-refractivity contribution < 1.29 is 28.2 Å². The lowest BCUT2D eigenvalue weighted by Crippen LogP contribution is -2.26. The standard InChI is InChI=1S/C2H2BrF7S/c3-1(4)2(5)11(6,7,8,9)10/h1-2H/t1-,2+/m0/s1. The van der Waals surface area contributed by atoms with Crippen molar-refractivity contribution in [2.24, 2.45) is 0 Å². The molecule has 0 aromatic rings. The Morgan fingerprint density at radius 2 is 1.18 bits per heavy atom. The van der Waals surface area contributed by atoms with E-state index in [0.29, 0.717) is 0 Å². The predicted octanol–water partition coefficient (Wildman–Crippen LogP) is 4.27. The lowest BCUT2D eigenvalue weighted by Gasteiger charge is -2.42. The molecule has 0 aliphatic rings. The zero-order valence-electron chi connectivity index (χ0n) is 4.59. The van der Waals surface area contributed by atoms with Crippen molar-refractivity contribution in [2.45, 2.75) is 10.6 Å². The molecule has 0 unspecified atom stereocenters. The molecule has 0 N–H and O–H groups in total. The summed E-state index contributed by atoms with van der Waals surface area (Å²) in [4.78, 5) is 0. The smallest absolute Gasteiger partial charge is 0.230 e. The van der Waals surface area contributed by atoms with Crippen molar-refractivity contribution in [2.75, 3.05) is 0 Å². The number of hydrogen-bond acceptors (Lipinski definition) is 0. The molecule has 0 aromatic carbocycles. The van der Waals surface area contributed by atoms with E-state index in [2.05, 4.69) is 0 Å². The third-order valence-electron chi connectivity index (χ3n) is 0.624. The van der Waals surface area contributed by atoms with Crippen LogP contribution in [0.1, 0.15) is 0 Å². The Kier molecular flexibility index (Phi) is 2.04. The van der Waals surface area contributed by atoms with Crippen LogP contribution in [0.25, 0.3) is 0 Å². The lowest BCUT2D eigenvalue weighted by molar-refractivity contribution is 0.226. The molecule has 0 amide bonds. The molecule has 0 nitrogen and oxygen atoms in total. The molecule has 0 aliphatic carbocycles. The molecule has 9 heteroatoms. The summed E-state index contributed by atoms with van der Waals surface area (Å²) in [7, 11) is -10.3. The van der Waals surface area contributed by atoms with Crippen LogP contribution in [-0.4, -0.2) is 10.6 Å². The highest BCUT2D eigenvalue weighted by Gasteiger charge is 2.73. The summed E-state index contributed by atoms with van der Waals surface area (Å²) in [5, 5.41) is -3.43. The van der Waals surface area contributed by atoms with Crippen molar-refractivity contribution in [1.82, 2.24) is 0 Å². The van der Waals surface area contributed by atoms with Crippen LogP contribution < -0.4 is 0 Å². The van der Waals surface area contributed by atoms with E-state index in [-0.39, 0.29) is 0 Å². The van der Waals surface area contributed by atoms with E-state index < -0.39 is 20.8 Å². The van der Waals surface area contributed by atoms with E-state index in [1.54, 1.807) is 0 Å². The zero-order valence-corrected chi connectivity index (χ0v) is 6.99. The lowest BCUT2D eigenvalue weighted by atomic mass is 10.9. The van der Waals surface area contributed by atoms with Gasteiger partial charge in [-0.25, -0.2) is 8.78 Å². The predicted molar refractivity (Wildman–Crippen MR) is 31.9 cm³/mol. The normalized spacial score (nSPS) is 25.1. The summed E-state index contributed by atoms with van der Waals surface area (Å²) < 4.78 is 79.1. The molecule has 0 spiro atoms. The molecule has 0 aromatic heterocycles. The van der Waals surface area contributed by atoms with Crippen molar-refractivity contribution in [3.63, 3.8) is 0 Å². The Hall–Kier alpha value is 0.340. The first-order chi connectivity index (χ1) is 4.34. The van der Waals surface area contributed by atoms with Crippen molar-refractivity contribution >= 4 is 26.2 Å². The van der Waals surface area contributed by atoms with Crippen molar-refractivity contribution in [3.05, 3.63) is 0 Å². The Labute approximate surface area is 65.6 Å². The van der Waals surface area contributed by atoms with Gasteiger partial charge in [0.1, 0.15) is 0 Å². The summed E-state index contributed by atoms with van der Waals surface area (Å²) in [6, 6.07) is 0. The summed E-state index contributed by atoms with van der Waals surface area (Å²) in [5.74, 6) is 0. The van der Waals surface area contributed by atoms with Crippen LogP contribution in [0.2, 0.25) is 0 Å². The summed E-state index contributed by atoms with van der Waals surface area (Å²) in [6.45, 7) is 0. The van der Waals surface area contributed by atoms with Crippen molar-refractivity contribution in [3.8, 4) is 0 Å². The maximum absolute atomic E-state index is 11.6. The minimum atomic E-state index is -10.3. The molecule has 0 saturated heterocycles. The Balaban J connectivity index is 4.86. The van der Waals surface area contributed by atoms with Gasteiger partial charge in [0.25, 0.3) is 5.50 Å². The van der Waals surface area contributed by atoms with E-state index in [9.17, 15) is 28.2 Å². The monoisotopic (exact) mass is 270 g/mol. The van der Waals surface area contributed by atoms with Crippen molar-refractivity contribution in [1.29, 1.82) is 0 Å². The van der Waals surface area contributed by atoms with Gasteiger partial charge in [0.2, 0.25) is 5.08 Å². The average Bonchev–Trinajstić information content (AvgIpc) is 1.57. The Morgan fingerprint density at radius 3 is 1.18 bits per heavy atom. The molecular formula is C2H2BrF7S. The van der Waals surface area contributed by atoms with E-state index in [1.807, 2.05) is 0 Å². The van der Waals surface area contributed by atoms with Gasteiger partial charge in [0, 0.05) is 0 Å². The number of rotatable bonds is 2. The van der Waals surface area contributed by atoms with Crippen LogP contribution in [0.4, 0.5) is 28.2 Å². The molecule has 0 aliphatic heterocycles. The molecule has 0 saturated carbocycles. The largest absolute Gasteiger partial charge is 0.317 e. The molecule has 0 bridgehead atoms. The first-order valence-electron chi connectivity index (χ1n) is 2.00. The van der Waals surface area contributed by atoms with E-state index >= 15 is 0 Å². The summed E-state index contributed by atoms with van der Waals surface area (Å²) >= 11 is 1.43. The number of alkyl halides is 3. The molecule has 72 valence electrons. The fraction of sp³-hybridized carbons (Fsp3) is 1.00. The quantitative estimate of drug-likeness (QED) is 0.519. The van der Waals surface area contributed by atoms with E-state index in [0.717, 1.165) is 0 Å². The fourth-order valence-electron chi connectivity index (χ4n) is 0.194. The van der Waals surface area contributed by atoms with Crippen LogP contribution in [0, 0.1) is 0 Å². The van der Waals surface area contributed by atoms with Crippen LogP contribution in [0.3, 0.4) is 0 Å². The van der Waals surface area contributed by atoms with Gasteiger partial charge in [-0.05, 0) is 15.9 Å². The SMILES string of the molecule is F[C@H](Br)[C@H](F)S(F)(F)(F)(F)F. The van der Waals surface area contributed by atoms with Gasteiger partial charge < -0.3 is 0 Å². The zero-order chi connectivity index (χ0) is 9.56.